The molecule has 0 heterocycles. The van der Waals surface area contributed by atoms with Crippen molar-refractivity contribution in [2.24, 2.45) is 17.8 Å². The van der Waals surface area contributed by atoms with Gasteiger partial charge in [-0.1, -0.05) is 131 Å². The van der Waals surface area contributed by atoms with Crippen molar-refractivity contribution in [3.05, 3.63) is 69.9 Å². The predicted octanol–water partition coefficient (Wildman–Crippen LogP) is 5.13. The van der Waals surface area contributed by atoms with E-state index in [1.807, 2.05) is 39.0 Å². The Hall–Kier alpha value is 3.53. The van der Waals surface area contributed by atoms with Gasteiger partial charge < -0.3 is 43.0 Å². The minimum Gasteiger partial charge on any atom is -0.747 e. The topological polar surface area (TPSA) is 344 Å². The molecule has 18 nitrogen and oxygen atoms in total. The van der Waals surface area contributed by atoms with Crippen molar-refractivity contribution in [1.29, 1.82) is 0 Å². The summed E-state index contributed by atoms with van der Waals surface area (Å²) in [4.78, 5) is 47.5. The van der Waals surface area contributed by atoms with E-state index in [0.29, 0.717) is 19.3 Å². The van der Waals surface area contributed by atoms with Gasteiger partial charge in [-0.05, 0) is 194 Å². The molecule has 0 bridgehead atoms. The first-order valence-corrected chi connectivity index (χ1v) is 36.9. The van der Waals surface area contributed by atoms with E-state index in [1.54, 1.807) is 0 Å². The normalized spacial score (nSPS) is 15.0. The van der Waals surface area contributed by atoms with Crippen molar-refractivity contribution < 1.29 is 236 Å². The summed E-state index contributed by atoms with van der Waals surface area (Å²) in [7, 11) is -29.8. The summed E-state index contributed by atoms with van der Waals surface area (Å²) in [6, 6.07) is 0. The first-order chi connectivity index (χ1) is 35.5. The van der Waals surface area contributed by atoms with Crippen molar-refractivity contribution in [3.63, 3.8) is 0 Å². The van der Waals surface area contributed by atoms with Crippen molar-refractivity contribution in [3.8, 4) is 0 Å². The van der Waals surface area contributed by atoms with Crippen LogP contribution < -0.4 is 154 Å². The summed E-state index contributed by atoms with van der Waals surface area (Å²) >= 11 is 0. The first kappa shape index (κ1) is 95.6. The van der Waals surface area contributed by atoms with E-state index in [0.717, 1.165) is 92.3 Å². The molecule has 0 fully saturated rings. The zero-order chi connectivity index (χ0) is 61.1. The van der Waals surface area contributed by atoms with E-state index >= 15 is 0 Å². The van der Waals surface area contributed by atoms with Crippen LogP contribution in [-0.4, -0.2) is 83.2 Å². The van der Waals surface area contributed by atoms with Crippen LogP contribution in [0.15, 0.2) is 69.9 Å². The van der Waals surface area contributed by atoms with Gasteiger partial charge in [0.1, 0.15) is 30.4 Å². The van der Waals surface area contributed by atoms with Gasteiger partial charge in [0.2, 0.25) is 0 Å². The molecule has 0 aromatic rings. The molecular weight excluding hydrogens is 1240 g/mol. The average molecular weight is 1350 g/mol. The summed E-state index contributed by atoms with van der Waals surface area (Å²) in [5, 5.41) is 0. The molecule has 0 rings (SSSR count). The van der Waals surface area contributed by atoms with Crippen LogP contribution in [0.25, 0.3) is 0 Å². The Labute approximate surface area is 619 Å². The second-order valence-electron chi connectivity index (χ2n) is 22.2. The molecule has 462 valence electrons. The Bertz CT molecular complexity index is 2130. The standard InChI is InChI=1S/3C18H35O6PS.3K/c3*1-15(2)9-7-11-17(4)13-8-12-16(3)10-5-6-14-18(25(19,20)21)26(22,23)24;;;/h3*10,13,15,18H,5-9,11-12,14H2,1-4H3,(H2,19,20,21)(H,22,23,24);;;/q;;;3*+1/p-3/b3*16-10+,17-13+;;;. The van der Waals surface area contributed by atoms with Crippen LogP contribution in [0.5, 0.6) is 0 Å². The van der Waals surface area contributed by atoms with E-state index in [-0.39, 0.29) is 193 Å². The van der Waals surface area contributed by atoms with Gasteiger partial charge in [0.15, 0.2) is 15.0 Å². The molecule has 0 saturated carbocycles. The van der Waals surface area contributed by atoms with Gasteiger partial charge in [0, 0.05) is 0 Å². The molecule has 6 N–H and O–H groups in total. The van der Waals surface area contributed by atoms with E-state index in [4.69, 9.17) is 29.4 Å². The molecule has 0 spiro atoms. The van der Waals surface area contributed by atoms with Crippen LogP contribution in [0.2, 0.25) is 0 Å². The SMILES string of the molecule is C/C(=C\CCCC(P(=O)(O)O)S(=O)(=O)[O-])CC/C=C(\C)CCCC(C)C.C/C(=C\CCCC(P(=O)(O)O)S(=O)(=O)[O-])CC/C=C(\C)CCCC(C)C.C/C(=C\CCCC(P(=O)(O)O)S(=O)(=O)[O-])CC/C=C(\C)CCCC(C)C.[K+].[K+].[K+]. The molecular formula is C54H102K3O18P3S3. The third kappa shape index (κ3) is 59.6. The molecule has 81 heavy (non-hydrogen) atoms. The molecule has 3 unspecified atom stereocenters. The van der Waals surface area contributed by atoms with Gasteiger partial charge >= 0.3 is 177 Å². The summed E-state index contributed by atoms with van der Waals surface area (Å²) in [6.45, 7) is 25.7. The fourth-order valence-corrected chi connectivity index (χ4v) is 14.9. The maximum atomic E-state index is 11.1. The predicted molar refractivity (Wildman–Crippen MR) is 314 cm³/mol. The van der Waals surface area contributed by atoms with Gasteiger partial charge in [0.25, 0.3) is 0 Å². The molecule has 3 atom stereocenters. The molecule has 0 amide bonds. The molecule has 0 aliphatic heterocycles. The minimum absolute atomic E-state index is 0. The molecule has 0 aromatic carbocycles. The smallest absolute Gasteiger partial charge is 0.747 e. The molecule has 0 radical (unpaired) electrons. The van der Waals surface area contributed by atoms with E-state index in [1.165, 1.54) is 55.2 Å². The van der Waals surface area contributed by atoms with Gasteiger partial charge in [-0.15, -0.1) is 0 Å². The van der Waals surface area contributed by atoms with Gasteiger partial charge in [-0.25, -0.2) is 25.3 Å². The van der Waals surface area contributed by atoms with Crippen LogP contribution >= 0.6 is 22.8 Å². The van der Waals surface area contributed by atoms with Gasteiger partial charge in [0.05, 0.1) is 0 Å². The maximum Gasteiger partial charge on any atom is 1.00 e. The molecule has 0 aromatic heterocycles. The Morgan fingerprint density at radius 3 is 0.667 bits per heavy atom. The van der Waals surface area contributed by atoms with E-state index < -0.39 is 68.1 Å². The van der Waals surface area contributed by atoms with Crippen molar-refractivity contribution in [2.45, 2.75) is 252 Å². The number of unbranched alkanes of at least 4 members (excludes halogenated alkanes) is 3. The Kier molecular flexibility index (Phi) is 60.3. The van der Waals surface area contributed by atoms with Crippen LogP contribution in [-0.2, 0) is 44.0 Å². The second-order valence-corrected chi connectivity index (χ2v) is 33.3. The Morgan fingerprint density at radius 1 is 0.333 bits per heavy atom. The zero-order valence-electron chi connectivity index (χ0n) is 52.0. The van der Waals surface area contributed by atoms with Crippen LogP contribution in [0.3, 0.4) is 0 Å². The molecule has 27 heteroatoms. The van der Waals surface area contributed by atoms with Gasteiger partial charge in [-0.2, -0.15) is 0 Å². The quantitative estimate of drug-likeness (QED) is 0.0153. The number of allylic oxidation sites excluding steroid dienone is 12. The zero-order valence-corrected chi connectivity index (χ0v) is 66.5. The third-order valence-corrected chi connectivity index (χ3v) is 23.2. The largest absolute Gasteiger partial charge is 1.00 e. The fourth-order valence-electron chi connectivity index (χ4n) is 7.98. The van der Waals surface area contributed by atoms with Crippen molar-refractivity contribution in [2.75, 3.05) is 0 Å². The minimum atomic E-state index is -5.00. The van der Waals surface area contributed by atoms with Crippen LogP contribution in [0, 0.1) is 17.8 Å². The fraction of sp³-hybridized carbons (Fsp3) is 0.778. The summed E-state index contributed by atoms with van der Waals surface area (Å²) in [5.41, 5.74) is 7.62. The second kappa shape index (κ2) is 51.1. The third-order valence-electron chi connectivity index (χ3n) is 12.7. The summed E-state index contributed by atoms with van der Waals surface area (Å²) < 4.78 is 132. The first-order valence-electron chi connectivity index (χ1n) is 27.4. The number of hydrogen-bond donors (Lipinski definition) is 6. The van der Waals surface area contributed by atoms with Crippen LogP contribution in [0.1, 0.15) is 237 Å². The molecule has 0 aliphatic rings. The Balaban J connectivity index is -0.000000256. The Morgan fingerprint density at radius 2 is 0.506 bits per heavy atom. The van der Waals surface area contributed by atoms with E-state index in [9.17, 15) is 52.6 Å². The van der Waals surface area contributed by atoms with Gasteiger partial charge in [-0.3, -0.25) is 13.7 Å². The summed E-state index contributed by atoms with van der Waals surface area (Å²) in [6.07, 6.45) is 30.0. The van der Waals surface area contributed by atoms with Crippen LogP contribution in [0.4, 0.5) is 0 Å². The molecule has 0 aliphatic carbocycles. The van der Waals surface area contributed by atoms with Crippen molar-refractivity contribution in [1.82, 2.24) is 0 Å². The van der Waals surface area contributed by atoms with Crippen molar-refractivity contribution >= 4 is 53.1 Å². The maximum absolute atomic E-state index is 11.1. The monoisotopic (exact) mass is 1340 g/mol. The number of rotatable bonds is 39. The summed E-state index contributed by atoms with van der Waals surface area (Å²) in [5.74, 6) is 2.19. The average Bonchev–Trinajstić information content (AvgIpc) is 3.23. The van der Waals surface area contributed by atoms with E-state index in [2.05, 4.69) is 80.5 Å². The number of hydrogen-bond acceptors (Lipinski definition) is 12. The molecule has 0 saturated heterocycles.